The lowest BCUT2D eigenvalue weighted by molar-refractivity contribution is -0.137. The van der Waals surface area contributed by atoms with Crippen molar-refractivity contribution in [3.63, 3.8) is 0 Å². The van der Waals surface area contributed by atoms with Gasteiger partial charge in [0.2, 0.25) is 5.91 Å². The Labute approximate surface area is 162 Å². The molecule has 0 aliphatic carbocycles. The van der Waals surface area contributed by atoms with E-state index in [1.165, 1.54) is 12.1 Å². The molecule has 2 aromatic rings. The van der Waals surface area contributed by atoms with E-state index in [9.17, 15) is 18.0 Å². The fourth-order valence-electron chi connectivity index (χ4n) is 3.29. The lowest BCUT2D eigenvalue weighted by Crippen LogP contribution is -2.44. The minimum Gasteiger partial charge on any atom is -0.369 e. The molecule has 7 heteroatoms. The predicted octanol–water partition coefficient (Wildman–Crippen LogP) is 3.95. The van der Waals surface area contributed by atoms with E-state index in [-0.39, 0.29) is 12.3 Å². The highest BCUT2D eigenvalue weighted by Gasteiger charge is 2.30. The van der Waals surface area contributed by atoms with Crippen LogP contribution >= 0.6 is 0 Å². The van der Waals surface area contributed by atoms with Gasteiger partial charge in [0.15, 0.2) is 0 Å². The van der Waals surface area contributed by atoms with Crippen LogP contribution in [0, 0.1) is 6.92 Å². The molecule has 0 saturated carbocycles. The van der Waals surface area contributed by atoms with Crippen molar-refractivity contribution in [3.05, 3.63) is 59.2 Å². The molecule has 1 N–H and O–H groups in total. The van der Waals surface area contributed by atoms with Crippen LogP contribution in [0.4, 0.5) is 24.5 Å². The number of amides is 1. The third-order valence-corrected chi connectivity index (χ3v) is 4.97. The van der Waals surface area contributed by atoms with E-state index >= 15 is 0 Å². The topological polar surface area (TPSA) is 35.6 Å². The summed E-state index contributed by atoms with van der Waals surface area (Å²) in [4.78, 5) is 16.9. The van der Waals surface area contributed by atoms with Gasteiger partial charge < -0.3 is 15.1 Å². The first-order valence-corrected chi connectivity index (χ1v) is 9.22. The van der Waals surface area contributed by atoms with Crippen LogP contribution < -0.4 is 10.2 Å². The number of alkyl halides is 3. The molecule has 0 unspecified atom stereocenters. The summed E-state index contributed by atoms with van der Waals surface area (Å²) < 4.78 is 38.4. The van der Waals surface area contributed by atoms with Crippen molar-refractivity contribution in [1.29, 1.82) is 0 Å². The Hall–Kier alpha value is -2.54. The summed E-state index contributed by atoms with van der Waals surface area (Å²) in [5.74, 6) is -0.338. The van der Waals surface area contributed by atoms with Gasteiger partial charge in [0.1, 0.15) is 0 Å². The molecule has 4 nitrogen and oxygen atoms in total. The van der Waals surface area contributed by atoms with Gasteiger partial charge in [-0.3, -0.25) is 4.79 Å². The molecule has 0 bridgehead atoms. The smallest absolute Gasteiger partial charge is 0.369 e. The van der Waals surface area contributed by atoms with Crippen LogP contribution in [0.1, 0.15) is 16.7 Å². The number of hydrogen-bond donors (Lipinski definition) is 1. The number of hydrogen-bond acceptors (Lipinski definition) is 3. The Morgan fingerprint density at radius 3 is 2.43 bits per heavy atom. The van der Waals surface area contributed by atoms with Crippen molar-refractivity contribution >= 4 is 17.3 Å². The molecular formula is C21H24F3N3O. The second-order valence-electron chi connectivity index (χ2n) is 7.21. The standard InChI is InChI=1S/C21H24F3N3O/c1-15-12-18(27-10-8-26(2)9-11-27)6-7-19(15)25-20(28)14-16-4-3-5-17(13-16)21(22,23)24/h3-7,12-13H,8-11,14H2,1-2H3,(H,25,28). The second kappa shape index (κ2) is 8.22. The lowest BCUT2D eigenvalue weighted by atomic mass is 10.1. The summed E-state index contributed by atoms with van der Waals surface area (Å²) in [6.07, 6.45) is -4.52. The van der Waals surface area contributed by atoms with Crippen molar-refractivity contribution < 1.29 is 18.0 Å². The number of aryl methyl sites for hydroxylation is 1. The van der Waals surface area contributed by atoms with Gasteiger partial charge in [0.25, 0.3) is 0 Å². The number of carbonyl (C=O) groups excluding carboxylic acids is 1. The number of piperazine rings is 1. The number of anilines is 2. The highest BCUT2D eigenvalue weighted by atomic mass is 19.4. The van der Waals surface area contributed by atoms with Crippen molar-refractivity contribution in [3.8, 4) is 0 Å². The summed E-state index contributed by atoms with van der Waals surface area (Å²) in [5.41, 5.74) is 2.30. The van der Waals surface area contributed by atoms with Crippen LogP contribution in [0.3, 0.4) is 0 Å². The predicted molar refractivity (Wildman–Crippen MR) is 105 cm³/mol. The average molecular weight is 391 g/mol. The molecule has 1 heterocycles. The first-order chi connectivity index (χ1) is 13.2. The van der Waals surface area contributed by atoms with E-state index in [2.05, 4.69) is 22.2 Å². The van der Waals surface area contributed by atoms with E-state index in [0.29, 0.717) is 11.3 Å². The SMILES string of the molecule is Cc1cc(N2CCN(C)CC2)ccc1NC(=O)Cc1cccc(C(F)(F)F)c1. The largest absolute Gasteiger partial charge is 0.416 e. The summed E-state index contributed by atoms with van der Waals surface area (Å²) in [6, 6.07) is 10.7. The number of benzene rings is 2. The quantitative estimate of drug-likeness (QED) is 0.857. The average Bonchev–Trinajstić information content (AvgIpc) is 2.63. The molecule has 1 amide bonds. The molecule has 1 fully saturated rings. The number of rotatable bonds is 4. The molecule has 0 atom stereocenters. The minimum atomic E-state index is -4.41. The van der Waals surface area contributed by atoms with Gasteiger partial charge in [-0.1, -0.05) is 18.2 Å². The minimum absolute atomic E-state index is 0.108. The fraction of sp³-hybridized carbons (Fsp3) is 0.381. The van der Waals surface area contributed by atoms with Gasteiger partial charge in [0.05, 0.1) is 12.0 Å². The molecule has 1 saturated heterocycles. The Morgan fingerprint density at radius 1 is 1.07 bits per heavy atom. The number of halogens is 3. The number of likely N-dealkylation sites (N-methyl/N-ethyl adjacent to an activating group) is 1. The van der Waals surface area contributed by atoms with Crippen LogP contribution in [-0.4, -0.2) is 44.0 Å². The number of carbonyl (C=O) groups is 1. The van der Waals surface area contributed by atoms with E-state index in [1.807, 2.05) is 25.1 Å². The molecule has 28 heavy (non-hydrogen) atoms. The van der Waals surface area contributed by atoms with Crippen molar-refractivity contribution in [2.75, 3.05) is 43.4 Å². The first kappa shape index (κ1) is 20.2. The highest BCUT2D eigenvalue weighted by Crippen LogP contribution is 2.30. The lowest BCUT2D eigenvalue weighted by Gasteiger charge is -2.34. The van der Waals surface area contributed by atoms with Crippen LogP contribution in [-0.2, 0) is 17.4 Å². The van der Waals surface area contributed by atoms with Crippen molar-refractivity contribution in [1.82, 2.24) is 4.90 Å². The van der Waals surface area contributed by atoms with E-state index in [4.69, 9.17) is 0 Å². The molecular weight excluding hydrogens is 367 g/mol. The van der Waals surface area contributed by atoms with Gasteiger partial charge in [0, 0.05) is 37.6 Å². The highest BCUT2D eigenvalue weighted by molar-refractivity contribution is 5.93. The fourth-order valence-corrected chi connectivity index (χ4v) is 3.29. The monoisotopic (exact) mass is 391 g/mol. The third-order valence-electron chi connectivity index (χ3n) is 4.97. The first-order valence-electron chi connectivity index (χ1n) is 9.22. The number of nitrogens with zero attached hydrogens (tertiary/aromatic N) is 2. The van der Waals surface area contributed by atoms with Gasteiger partial charge in [-0.25, -0.2) is 0 Å². The maximum atomic E-state index is 12.8. The van der Waals surface area contributed by atoms with Crippen molar-refractivity contribution in [2.24, 2.45) is 0 Å². The van der Waals surface area contributed by atoms with E-state index < -0.39 is 11.7 Å². The van der Waals surface area contributed by atoms with Gasteiger partial charge in [-0.2, -0.15) is 13.2 Å². The van der Waals surface area contributed by atoms with E-state index in [1.54, 1.807) is 0 Å². The van der Waals surface area contributed by atoms with Crippen LogP contribution in [0.15, 0.2) is 42.5 Å². The summed E-state index contributed by atoms with van der Waals surface area (Å²) in [7, 11) is 2.10. The Kier molecular flexibility index (Phi) is 5.93. The van der Waals surface area contributed by atoms with Gasteiger partial charge >= 0.3 is 6.18 Å². The molecule has 0 aromatic heterocycles. The maximum absolute atomic E-state index is 12.8. The molecule has 0 spiro atoms. The molecule has 150 valence electrons. The zero-order valence-corrected chi connectivity index (χ0v) is 16.0. The Balaban J connectivity index is 1.64. The van der Waals surface area contributed by atoms with Gasteiger partial charge in [-0.05, 0) is 49.4 Å². The normalized spacial score (nSPS) is 15.5. The third kappa shape index (κ3) is 5.04. The molecule has 0 radical (unpaired) electrons. The van der Waals surface area contributed by atoms with Gasteiger partial charge in [-0.15, -0.1) is 0 Å². The molecule has 1 aliphatic rings. The summed E-state index contributed by atoms with van der Waals surface area (Å²) in [6.45, 7) is 5.84. The van der Waals surface area contributed by atoms with Crippen LogP contribution in [0.2, 0.25) is 0 Å². The van der Waals surface area contributed by atoms with Crippen molar-refractivity contribution in [2.45, 2.75) is 19.5 Å². The second-order valence-corrected chi connectivity index (χ2v) is 7.21. The zero-order chi connectivity index (χ0) is 20.3. The summed E-state index contributed by atoms with van der Waals surface area (Å²) >= 11 is 0. The Bertz CT molecular complexity index is 843. The summed E-state index contributed by atoms with van der Waals surface area (Å²) in [5, 5.41) is 2.81. The maximum Gasteiger partial charge on any atom is 0.416 e. The van der Waals surface area contributed by atoms with Crippen LogP contribution in [0.5, 0.6) is 0 Å². The Morgan fingerprint density at radius 2 is 1.79 bits per heavy atom. The zero-order valence-electron chi connectivity index (χ0n) is 16.0. The molecule has 1 aliphatic heterocycles. The van der Waals surface area contributed by atoms with Crippen LogP contribution in [0.25, 0.3) is 0 Å². The number of nitrogens with one attached hydrogen (secondary N) is 1. The molecule has 3 rings (SSSR count). The molecule has 2 aromatic carbocycles. The van der Waals surface area contributed by atoms with E-state index in [0.717, 1.165) is 49.6 Å².